The highest BCUT2D eigenvalue weighted by molar-refractivity contribution is 5.72. The van der Waals surface area contributed by atoms with Gasteiger partial charge in [0.1, 0.15) is 0 Å². The van der Waals surface area contributed by atoms with Gasteiger partial charge in [-0.2, -0.15) is 0 Å². The zero-order valence-electron chi connectivity index (χ0n) is 16.8. The quantitative estimate of drug-likeness (QED) is 0.482. The average molecular weight is 349 g/mol. The average Bonchev–Trinajstić information content (AvgIpc) is 2.50. The lowest BCUT2D eigenvalue weighted by atomic mass is 9.65. The molecule has 0 aliphatic rings. The van der Waals surface area contributed by atoms with Gasteiger partial charge in [-0.05, 0) is 65.2 Å². The fourth-order valence-corrected chi connectivity index (χ4v) is 3.21. The van der Waals surface area contributed by atoms with Crippen LogP contribution in [0.25, 0.3) is 0 Å². The van der Waals surface area contributed by atoms with Crippen molar-refractivity contribution >= 4 is 5.97 Å². The van der Waals surface area contributed by atoms with Crippen molar-refractivity contribution in [2.45, 2.75) is 60.8 Å². The van der Waals surface area contributed by atoms with Gasteiger partial charge in [0.25, 0.3) is 0 Å². The molecule has 0 aliphatic heterocycles. The van der Waals surface area contributed by atoms with Gasteiger partial charge in [0.05, 0.1) is 12.5 Å². The Morgan fingerprint density at radius 2 is 1.64 bits per heavy atom. The predicted molar refractivity (Wildman–Crippen MR) is 106 cm³/mol. The summed E-state index contributed by atoms with van der Waals surface area (Å²) in [7, 11) is 0. The van der Waals surface area contributed by atoms with Gasteiger partial charge < -0.3 is 10.2 Å². The molecule has 0 saturated heterocycles. The van der Waals surface area contributed by atoms with Crippen LogP contribution in [0.1, 0.15) is 60.8 Å². The van der Waals surface area contributed by atoms with E-state index in [1.54, 1.807) is 12.2 Å². The van der Waals surface area contributed by atoms with E-state index in [9.17, 15) is 15.0 Å². The molecule has 0 radical (unpaired) electrons. The molecule has 25 heavy (non-hydrogen) atoms. The first-order chi connectivity index (χ1) is 11.6. The second-order valence-electron chi connectivity index (χ2n) is 7.60. The number of allylic oxidation sites excluding steroid dienone is 6. The maximum absolute atomic E-state index is 12.2. The first-order valence-corrected chi connectivity index (χ1v) is 8.99. The standard InChI is InChI=1S/C22H36O3/c1-8-22(7,14-9-10-16(2)3)20(21(24)25)19(12-11-17(4)5)18(6)13-15-23/h8,10-11,13,19-20,23H,1,9,12,14-15H2,2-7H3,(H,24,25)/b18-13+. The van der Waals surface area contributed by atoms with Gasteiger partial charge in [-0.1, -0.05) is 47.9 Å². The highest BCUT2D eigenvalue weighted by Crippen LogP contribution is 2.43. The smallest absolute Gasteiger partial charge is 0.307 e. The first-order valence-electron chi connectivity index (χ1n) is 8.99. The molecule has 3 nitrogen and oxygen atoms in total. The Bertz CT molecular complexity index is 531. The molecule has 0 aliphatic carbocycles. The van der Waals surface area contributed by atoms with E-state index >= 15 is 0 Å². The molecule has 0 aromatic heterocycles. The summed E-state index contributed by atoms with van der Waals surface area (Å²) in [6.07, 6.45) is 9.94. The molecule has 2 N–H and O–H groups in total. The fraction of sp³-hybridized carbons (Fsp3) is 0.591. The van der Waals surface area contributed by atoms with Crippen LogP contribution in [0.15, 0.2) is 47.6 Å². The van der Waals surface area contributed by atoms with Crippen molar-refractivity contribution in [2.75, 3.05) is 6.61 Å². The number of aliphatic hydroxyl groups is 1. The summed E-state index contributed by atoms with van der Waals surface area (Å²) in [4.78, 5) is 12.2. The van der Waals surface area contributed by atoms with E-state index in [1.807, 2.05) is 41.5 Å². The van der Waals surface area contributed by atoms with Crippen LogP contribution >= 0.6 is 0 Å². The van der Waals surface area contributed by atoms with Crippen LogP contribution in [0.2, 0.25) is 0 Å². The van der Waals surface area contributed by atoms with Crippen molar-refractivity contribution in [3.8, 4) is 0 Å². The summed E-state index contributed by atoms with van der Waals surface area (Å²) in [5, 5.41) is 19.3. The SMILES string of the molecule is C=CC(C)(CCC=C(C)C)C(C(=O)O)C(CC=C(C)C)/C(C)=C/CO. The minimum Gasteiger partial charge on any atom is -0.481 e. The van der Waals surface area contributed by atoms with Gasteiger partial charge in [-0.15, -0.1) is 6.58 Å². The van der Waals surface area contributed by atoms with Crippen molar-refractivity contribution in [1.82, 2.24) is 0 Å². The number of aliphatic hydroxyl groups excluding tert-OH is 1. The summed E-state index contributed by atoms with van der Waals surface area (Å²) < 4.78 is 0. The molecule has 0 rings (SSSR count). The van der Waals surface area contributed by atoms with Crippen molar-refractivity contribution < 1.29 is 15.0 Å². The molecule has 142 valence electrons. The van der Waals surface area contributed by atoms with Gasteiger partial charge >= 0.3 is 5.97 Å². The van der Waals surface area contributed by atoms with Crippen molar-refractivity contribution in [3.05, 3.63) is 47.6 Å². The van der Waals surface area contributed by atoms with Crippen LogP contribution in [0.5, 0.6) is 0 Å². The Morgan fingerprint density at radius 1 is 1.08 bits per heavy atom. The molecule has 0 bridgehead atoms. The summed E-state index contributed by atoms with van der Waals surface area (Å²) in [5.41, 5.74) is 2.79. The fourth-order valence-electron chi connectivity index (χ4n) is 3.21. The van der Waals surface area contributed by atoms with E-state index in [4.69, 9.17) is 0 Å². The molecule has 0 spiro atoms. The number of hydrogen-bond acceptors (Lipinski definition) is 2. The summed E-state index contributed by atoms with van der Waals surface area (Å²) >= 11 is 0. The summed E-state index contributed by atoms with van der Waals surface area (Å²) in [6, 6.07) is 0. The third-order valence-corrected chi connectivity index (χ3v) is 4.86. The lowest BCUT2D eigenvalue weighted by molar-refractivity contribution is -0.147. The lowest BCUT2D eigenvalue weighted by Gasteiger charge is -2.38. The second-order valence-corrected chi connectivity index (χ2v) is 7.60. The number of aliphatic carboxylic acids is 1. The van der Waals surface area contributed by atoms with Crippen LogP contribution in [-0.2, 0) is 4.79 Å². The normalized spacial score (nSPS) is 16.4. The van der Waals surface area contributed by atoms with Crippen LogP contribution in [-0.4, -0.2) is 22.8 Å². The number of rotatable bonds is 11. The topological polar surface area (TPSA) is 57.5 Å². The molecule has 3 heteroatoms. The second kappa shape index (κ2) is 11.1. The Kier molecular flexibility index (Phi) is 10.4. The third-order valence-electron chi connectivity index (χ3n) is 4.86. The van der Waals surface area contributed by atoms with Crippen LogP contribution in [0, 0.1) is 17.3 Å². The highest BCUT2D eigenvalue weighted by Gasteiger charge is 2.41. The first kappa shape index (κ1) is 23.4. The van der Waals surface area contributed by atoms with E-state index < -0.39 is 17.3 Å². The third kappa shape index (κ3) is 7.87. The van der Waals surface area contributed by atoms with E-state index in [1.165, 1.54) is 5.57 Å². The maximum Gasteiger partial charge on any atom is 0.307 e. The Labute approximate surface area is 153 Å². The number of carbonyl (C=O) groups is 1. The number of hydrogen-bond donors (Lipinski definition) is 2. The minimum atomic E-state index is -0.808. The molecular weight excluding hydrogens is 312 g/mol. The molecular formula is C22H36O3. The van der Waals surface area contributed by atoms with Crippen molar-refractivity contribution in [2.24, 2.45) is 17.3 Å². The highest BCUT2D eigenvalue weighted by atomic mass is 16.4. The lowest BCUT2D eigenvalue weighted by Crippen LogP contribution is -2.38. The molecule has 0 aromatic rings. The monoisotopic (exact) mass is 348 g/mol. The molecule has 0 aromatic carbocycles. The molecule has 0 amide bonds. The van der Waals surface area contributed by atoms with Gasteiger partial charge in [0, 0.05) is 0 Å². The van der Waals surface area contributed by atoms with Gasteiger partial charge in [-0.3, -0.25) is 4.79 Å². The summed E-state index contributed by atoms with van der Waals surface area (Å²) in [6.45, 7) is 15.9. The van der Waals surface area contributed by atoms with Crippen LogP contribution < -0.4 is 0 Å². The Hall–Kier alpha value is -1.61. The largest absolute Gasteiger partial charge is 0.481 e. The van der Waals surface area contributed by atoms with Crippen LogP contribution in [0.3, 0.4) is 0 Å². The zero-order chi connectivity index (χ0) is 19.6. The van der Waals surface area contributed by atoms with Gasteiger partial charge in [0.2, 0.25) is 0 Å². The Morgan fingerprint density at radius 3 is 2.04 bits per heavy atom. The Balaban J connectivity index is 5.89. The maximum atomic E-state index is 12.2. The van der Waals surface area contributed by atoms with E-state index in [0.29, 0.717) is 6.42 Å². The molecule has 0 saturated carbocycles. The summed E-state index contributed by atoms with van der Waals surface area (Å²) in [5.74, 6) is -1.57. The molecule has 0 heterocycles. The van der Waals surface area contributed by atoms with Gasteiger partial charge in [0.15, 0.2) is 0 Å². The van der Waals surface area contributed by atoms with Gasteiger partial charge in [-0.25, -0.2) is 0 Å². The van der Waals surface area contributed by atoms with E-state index in [2.05, 4.69) is 18.7 Å². The molecule has 3 unspecified atom stereocenters. The zero-order valence-corrected chi connectivity index (χ0v) is 16.8. The van der Waals surface area contributed by atoms with Crippen molar-refractivity contribution in [3.63, 3.8) is 0 Å². The van der Waals surface area contributed by atoms with E-state index in [0.717, 1.165) is 24.0 Å². The number of carboxylic acid groups (broad SMARTS) is 1. The van der Waals surface area contributed by atoms with Crippen LogP contribution in [0.4, 0.5) is 0 Å². The number of carboxylic acids is 1. The molecule has 3 atom stereocenters. The predicted octanol–water partition coefficient (Wildman–Crippen LogP) is 5.54. The minimum absolute atomic E-state index is 0.0773. The van der Waals surface area contributed by atoms with E-state index in [-0.39, 0.29) is 12.5 Å². The van der Waals surface area contributed by atoms with Crippen molar-refractivity contribution in [1.29, 1.82) is 0 Å². The molecule has 0 fully saturated rings.